The molecule has 5 heterocycles. The zero-order valence-electron chi connectivity index (χ0n) is 15.9. The Hall–Kier alpha value is -3.49. The van der Waals surface area contributed by atoms with Crippen LogP contribution in [0.2, 0.25) is 0 Å². The van der Waals surface area contributed by atoms with E-state index in [-0.39, 0.29) is 0 Å². The molecule has 0 unspecified atom stereocenters. The second kappa shape index (κ2) is 6.59. The van der Waals surface area contributed by atoms with Crippen LogP contribution in [0, 0.1) is 13.8 Å². The van der Waals surface area contributed by atoms with Crippen molar-refractivity contribution in [2.24, 2.45) is 0 Å². The fourth-order valence-corrected chi connectivity index (χ4v) is 3.66. The van der Waals surface area contributed by atoms with Gasteiger partial charge < -0.3 is 14.8 Å². The topological polar surface area (TPSA) is 91.7 Å². The number of aryl methyl sites for hydroxylation is 2. The van der Waals surface area contributed by atoms with E-state index < -0.39 is 0 Å². The molecular formula is C19H21N9. The maximum absolute atomic E-state index is 4.64. The summed E-state index contributed by atoms with van der Waals surface area (Å²) in [6.45, 7) is 7.41. The fourth-order valence-electron chi connectivity index (χ4n) is 3.66. The molecule has 1 aliphatic heterocycles. The van der Waals surface area contributed by atoms with Crippen molar-refractivity contribution in [1.82, 2.24) is 34.7 Å². The number of nitrogens with zero attached hydrogens (tertiary/aromatic N) is 8. The molecule has 0 bridgehead atoms. The maximum Gasteiger partial charge on any atom is 0.159 e. The van der Waals surface area contributed by atoms with Gasteiger partial charge in [0.1, 0.15) is 23.5 Å². The van der Waals surface area contributed by atoms with Crippen molar-refractivity contribution in [3.63, 3.8) is 0 Å². The van der Waals surface area contributed by atoms with Gasteiger partial charge in [0.05, 0.1) is 5.52 Å². The third kappa shape index (κ3) is 2.94. The summed E-state index contributed by atoms with van der Waals surface area (Å²) in [7, 11) is 0. The second-order valence-corrected chi connectivity index (χ2v) is 6.97. The van der Waals surface area contributed by atoms with Gasteiger partial charge in [-0.25, -0.2) is 24.6 Å². The van der Waals surface area contributed by atoms with Crippen LogP contribution in [-0.4, -0.2) is 60.9 Å². The zero-order valence-corrected chi connectivity index (χ0v) is 15.9. The van der Waals surface area contributed by atoms with E-state index in [1.807, 2.05) is 32.2 Å². The summed E-state index contributed by atoms with van der Waals surface area (Å²) in [5.41, 5.74) is 3.06. The van der Waals surface area contributed by atoms with Gasteiger partial charge in [0, 0.05) is 50.3 Å². The molecule has 0 aromatic carbocycles. The molecule has 5 rings (SSSR count). The van der Waals surface area contributed by atoms with E-state index in [4.69, 9.17) is 0 Å². The number of H-pyrrole nitrogens is 1. The van der Waals surface area contributed by atoms with E-state index in [9.17, 15) is 0 Å². The normalized spacial score (nSPS) is 14.8. The van der Waals surface area contributed by atoms with Crippen LogP contribution in [0.1, 0.15) is 11.5 Å². The fraction of sp³-hybridized carbons (Fsp3) is 0.316. The zero-order chi connectivity index (χ0) is 19.1. The lowest BCUT2D eigenvalue weighted by Gasteiger charge is -2.36. The summed E-state index contributed by atoms with van der Waals surface area (Å²) in [5, 5.41) is 4.28. The number of aromatic nitrogens is 7. The van der Waals surface area contributed by atoms with Gasteiger partial charge in [0.15, 0.2) is 11.6 Å². The number of hydrogen-bond donors (Lipinski definition) is 1. The van der Waals surface area contributed by atoms with Crippen molar-refractivity contribution in [2.75, 3.05) is 36.0 Å². The lowest BCUT2D eigenvalue weighted by atomic mass is 10.3. The highest BCUT2D eigenvalue weighted by Crippen LogP contribution is 2.25. The van der Waals surface area contributed by atoms with Gasteiger partial charge in [-0.2, -0.15) is 5.10 Å². The lowest BCUT2D eigenvalue weighted by molar-refractivity contribution is 0.640. The number of nitrogens with one attached hydrogen (secondary N) is 1. The highest BCUT2D eigenvalue weighted by Gasteiger charge is 2.22. The summed E-state index contributed by atoms with van der Waals surface area (Å²) in [6, 6.07) is 5.94. The molecule has 1 saturated heterocycles. The van der Waals surface area contributed by atoms with E-state index in [2.05, 4.69) is 45.9 Å². The third-order valence-corrected chi connectivity index (χ3v) is 4.99. The van der Waals surface area contributed by atoms with Crippen molar-refractivity contribution in [3.05, 3.63) is 48.4 Å². The Balaban J connectivity index is 1.37. The molecule has 0 spiro atoms. The molecule has 9 nitrogen and oxygen atoms in total. The molecule has 9 heteroatoms. The SMILES string of the molecule is Cc1nc(N2CCN(c3ncnc4cc(C)[nH]c34)CC2)cc(-n2cccn2)n1. The predicted octanol–water partition coefficient (Wildman–Crippen LogP) is 1.88. The van der Waals surface area contributed by atoms with Gasteiger partial charge in [0.2, 0.25) is 0 Å². The molecule has 1 N–H and O–H groups in total. The minimum Gasteiger partial charge on any atom is -0.354 e. The average molecular weight is 375 g/mol. The number of hydrogen-bond acceptors (Lipinski definition) is 7. The van der Waals surface area contributed by atoms with E-state index in [1.165, 1.54) is 0 Å². The molecule has 0 amide bonds. The molecule has 0 radical (unpaired) electrons. The van der Waals surface area contributed by atoms with Crippen molar-refractivity contribution in [2.45, 2.75) is 13.8 Å². The van der Waals surface area contributed by atoms with E-state index in [0.717, 1.165) is 66.2 Å². The van der Waals surface area contributed by atoms with Crippen molar-refractivity contribution in [3.8, 4) is 5.82 Å². The summed E-state index contributed by atoms with van der Waals surface area (Å²) in [4.78, 5) is 26.0. The van der Waals surface area contributed by atoms with Gasteiger partial charge in [-0.15, -0.1) is 0 Å². The van der Waals surface area contributed by atoms with E-state index >= 15 is 0 Å². The average Bonchev–Trinajstić information content (AvgIpc) is 3.36. The Kier molecular flexibility index (Phi) is 3.92. The van der Waals surface area contributed by atoms with Crippen molar-refractivity contribution in [1.29, 1.82) is 0 Å². The van der Waals surface area contributed by atoms with Crippen LogP contribution >= 0.6 is 0 Å². The van der Waals surface area contributed by atoms with E-state index in [0.29, 0.717) is 0 Å². The van der Waals surface area contributed by atoms with Crippen LogP contribution in [-0.2, 0) is 0 Å². The summed E-state index contributed by atoms with van der Waals surface area (Å²) in [5.74, 6) is 3.43. The number of aromatic amines is 1. The van der Waals surface area contributed by atoms with Crippen LogP contribution in [0.4, 0.5) is 11.6 Å². The smallest absolute Gasteiger partial charge is 0.159 e. The number of rotatable bonds is 3. The van der Waals surface area contributed by atoms with Crippen LogP contribution in [0.25, 0.3) is 16.9 Å². The minimum atomic E-state index is 0.741. The molecule has 1 aliphatic rings. The Bertz CT molecular complexity index is 1110. The number of fused-ring (bicyclic) bond motifs is 1. The third-order valence-electron chi connectivity index (χ3n) is 4.99. The molecule has 4 aromatic heterocycles. The minimum absolute atomic E-state index is 0.741. The Morgan fingerprint density at radius 2 is 1.71 bits per heavy atom. The van der Waals surface area contributed by atoms with E-state index in [1.54, 1.807) is 17.2 Å². The second-order valence-electron chi connectivity index (χ2n) is 6.97. The quantitative estimate of drug-likeness (QED) is 0.584. The predicted molar refractivity (Wildman–Crippen MR) is 107 cm³/mol. The van der Waals surface area contributed by atoms with Crippen molar-refractivity contribution < 1.29 is 0 Å². The molecule has 0 atom stereocenters. The summed E-state index contributed by atoms with van der Waals surface area (Å²) < 4.78 is 1.76. The molecular weight excluding hydrogens is 354 g/mol. The van der Waals surface area contributed by atoms with Crippen LogP contribution < -0.4 is 9.80 Å². The molecule has 28 heavy (non-hydrogen) atoms. The first kappa shape index (κ1) is 16.7. The molecule has 142 valence electrons. The highest BCUT2D eigenvalue weighted by atomic mass is 15.3. The van der Waals surface area contributed by atoms with Crippen LogP contribution in [0.15, 0.2) is 36.9 Å². The lowest BCUT2D eigenvalue weighted by Crippen LogP contribution is -2.47. The van der Waals surface area contributed by atoms with Gasteiger partial charge in [-0.3, -0.25) is 0 Å². The standard InChI is InChI=1S/C19H21N9/c1-13-10-15-18(23-13)19(21-12-20-15)27-8-6-26(7-9-27)16-11-17(25-14(2)24-16)28-5-3-4-22-28/h3-5,10-12,23H,6-9H2,1-2H3. The van der Waals surface area contributed by atoms with Crippen LogP contribution in [0.3, 0.4) is 0 Å². The van der Waals surface area contributed by atoms with Gasteiger partial charge in [0.25, 0.3) is 0 Å². The highest BCUT2D eigenvalue weighted by molar-refractivity contribution is 5.86. The Morgan fingerprint density at radius 3 is 2.50 bits per heavy atom. The number of piperazine rings is 1. The largest absolute Gasteiger partial charge is 0.354 e. The first-order valence-electron chi connectivity index (χ1n) is 9.33. The van der Waals surface area contributed by atoms with Gasteiger partial charge >= 0.3 is 0 Å². The first-order chi connectivity index (χ1) is 13.7. The monoisotopic (exact) mass is 375 g/mol. The van der Waals surface area contributed by atoms with Gasteiger partial charge in [-0.05, 0) is 26.0 Å². The Morgan fingerprint density at radius 1 is 0.929 bits per heavy atom. The molecule has 0 saturated carbocycles. The maximum atomic E-state index is 4.64. The van der Waals surface area contributed by atoms with Gasteiger partial charge in [-0.1, -0.05) is 0 Å². The Labute approximate surface area is 162 Å². The molecule has 0 aliphatic carbocycles. The van der Waals surface area contributed by atoms with Crippen molar-refractivity contribution >= 4 is 22.7 Å². The molecule has 1 fully saturated rings. The summed E-state index contributed by atoms with van der Waals surface area (Å²) in [6.07, 6.45) is 5.28. The molecule has 4 aromatic rings. The number of anilines is 2. The van der Waals surface area contributed by atoms with Crippen LogP contribution in [0.5, 0.6) is 0 Å². The first-order valence-corrected chi connectivity index (χ1v) is 9.33. The summed E-state index contributed by atoms with van der Waals surface area (Å²) >= 11 is 0.